The Balaban J connectivity index is 3.36. The second-order valence-electron chi connectivity index (χ2n) is 2.71. The molecule has 3 N–H and O–H groups in total. The molecule has 0 radical (unpaired) electrons. The summed E-state index contributed by atoms with van der Waals surface area (Å²) in [6, 6.07) is -0.0674. The fourth-order valence-corrected chi connectivity index (χ4v) is 0.754. The Labute approximate surface area is 73.7 Å². The zero-order valence-electron chi connectivity index (χ0n) is 7.68. The minimum atomic E-state index is -0.0674. The Hall–Kier alpha value is -1.01. The van der Waals surface area contributed by atoms with Crippen LogP contribution in [0.25, 0.3) is 0 Å². The summed E-state index contributed by atoms with van der Waals surface area (Å²) in [6.07, 6.45) is 1.10. The van der Waals surface area contributed by atoms with Gasteiger partial charge in [-0.1, -0.05) is 0 Å². The molecule has 0 saturated heterocycles. The molecule has 0 aliphatic heterocycles. The molecule has 0 aromatic carbocycles. The Morgan fingerprint density at radius 1 is 1.67 bits per heavy atom. The van der Waals surface area contributed by atoms with E-state index >= 15 is 0 Å². The molecule has 0 saturated carbocycles. The molecule has 0 spiro atoms. The van der Waals surface area contributed by atoms with E-state index in [0.29, 0.717) is 19.4 Å². The molecule has 0 aliphatic carbocycles. The van der Waals surface area contributed by atoms with Crippen LogP contribution in [0.1, 0.15) is 26.7 Å². The van der Waals surface area contributed by atoms with Crippen LogP contribution in [-0.2, 0) is 4.79 Å². The molecule has 0 bridgehead atoms. The summed E-state index contributed by atoms with van der Waals surface area (Å²) < 4.78 is 0. The molecule has 1 atom stereocenters. The van der Waals surface area contributed by atoms with Crippen LogP contribution >= 0.6 is 0 Å². The van der Waals surface area contributed by atoms with Crippen LogP contribution in [-0.4, -0.2) is 18.5 Å². The molecule has 0 heterocycles. The van der Waals surface area contributed by atoms with Gasteiger partial charge in [-0.3, -0.25) is 4.79 Å². The third-order valence-electron chi connectivity index (χ3n) is 1.26. The van der Waals surface area contributed by atoms with E-state index in [-0.39, 0.29) is 11.9 Å². The van der Waals surface area contributed by atoms with Crippen molar-refractivity contribution >= 4 is 5.91 Å². The van der Waals surface area contributed by atoms with E-state index in [1.807, 2.05) is 6.92 Å². The molecule has 3 heteroatoms. The SMILES string of the molecule is CC#CCCNC(=O)CC(C)N. The molecule has 0 aliphatic rings. The number of carbonyl (C=O) groups is 1. The van der Waals surface area contributed by atoms with E-state index < -0.39 is 0 Å². The summed E-state index contributed by atoms with van der Waals surface area (Å²) >= 11 is 0. The maximum absolute atomic E-state index is 11.0. The van der Waals surface area contributed by atoms with Gasteiger partial charge in [0, 0.05) is 25.4 Å². The smallest absolute Gasteiger partial charge is 0.221 e. The molecule has 1 unspecified atom stereocenters. The Bertz CT molecular complexity index is 188. The summed E-state index contributed by atoms with van der Waals surface area (Å²) in [5.41, 5.74) is 5.43. The van der Waals surface area contributed by atoms with Crippen LogP contribution in [0.5, 0.6) is 0 Å². The van der Waals surface area contributed by atoms with Crippen molar-refractivity contribution in [2.75, 3.05) is 6.54 Å². The summed E-state index contributed by atoms with van der Waals surface area (Å²) in [7, 11) is 0. The Kier molecular flexibility index (Phi) is 6.12. The predicted molar refractivity (Wildman–Crippen MR) is 49.3 cm³/mol. The minimum Gasteiger partial charge on any atom is -0.355 e. The van der Waals surface area contributed by atoms with E-state index in [4.69, 9.17) is 5.73 Å². The van der Waals surface area contributed by atoms with Gasteiger partial charge in [0.25, 0.3) is 0 Å². The van der Waals surface area contributed by atoms with E-state index in [9.17, 15) is 4.79 Å². The lowest BCUT2D eigenvalue weighted by Crippen LogP contribution is -2.30. The monoisotopic (exact) mass is 168 g/mol. The molecule has 0 rings (SSSR count). The van der Waals surface area contributed by atoms with Crippen molar-refractivity contribution in [3.63, 3.8) is 0 Å². The largest absolute Gasteiger partial charge is 0.355 e. The van der Waals surface area contributed by atoms with Crippen molar-refractivity contribution < 1.29 is 4.79 Å². The lowest BCUT2D eigenvalue weighted by molar-refractivity contribution is -0.121. The van der Waals surface area contributed by atoms with Gasteiger partial charge in [-0.25, -0.2) is 0 Å². The second kappa shape index (κ2) is 6.68. The van der Waals surface area contributed by atoms with Gasteiger partial charge in [0.2, 0.25) is 5.91 Å². The third-order valence-corrected chi connectivity index (χ3v) is 1.26. The molecule has 3 nitrogen and oxygen atoms in total. The zero-order valence-corrected chi connectivity index (χ0v) is 7.68. The summed E-state index contributed by atoms with van der Waals surface area (Å²) in [4.78, 5) is 11.0. The summed E-state index contributed by atoms with van der Waals surface area (Å²) in [5.74, 6) is 5.62. The maximum Gasteiger partial charge on any atom is 0.221 e. The van der Waals surface area contributed by atoms with Crippen molar-refractivity contribution in [3.05, 3.63) is 0 Å². The standard InChI is InChI=1S/C9H16N2O/c1-3-4-5-6-11-9(12)7-8(2)10/h8H,5-7,10H2,1-2H3,(H,11,12). The van der Waals surface area contributed by atoms with Crippen LogP contribution in [0.2, 0.25) is 0 Å². The van der Waals surface area contributed by atoms with Gasteiger partial charge in [-0.15, -0.1) is 11.8 Å². The van der Waals surface area contributed by atoms with Gasteiger partial charge >= 0.3 is 0 Å². The van der Waals surface area contributed by atoms with Crippen LogP contribution in [0.3, 0.4) is 0 Å². The van der Waals surface area contributed by atoms with E-state index in [1.165, 1.54) is 0 Å². The molecule has 1 amide bonds. The Morgan fingerprint density at radius 3 is 2.83 bits per heavy atom. The Morgan fingerprint density at radius 2 is 2.33 bits per heavy atom. The zero-order chi connectivity index (χ0) is 9.40. The lowest BCUT2D eigenvalue weighted by atomic mass is 10.2. The number of hydrogen-bond acceptors (Lipinski definition) is 2. The van der Waals surface area contributed by atoms with Crippen molar-refractivity contribution in [1.82, 2.24) is 5.32 Å². The molecular formula is C9H16N2O. The molecule has 12 heavy (non-hydrogen) atoms. The van der Waals surface area contributed by atoms with Gasteiger partial charge < -0.3 is 11.1 Å². The molecule has 0 fully saturated rings. The first-order valence-electron chi connectivity index (χ1n) is 4.08. The van der Waals surface area contributed by atoms with E-state index in [0.717, 1.165) is 0 Å². The average Bonchev–Trinajstić information content (AvgIpc) is 1.97. The third kappa shape index (κ3) is 7.10. The van der Waals surface area contributed by atoms with Gasteiger partial charge in [-0.2, -0.15) is 0 Å². The molecular weight excluding hydrogens is 152 g/mol. The normalized spacial score (nSPS) is 11.2. The van der Waals surface area contributed by atoms with Crippen LogP contribution in [0.4, 0.5) is 0 Å². The van der Waals surface area contributed by atoms with Crippen LogP contribution in [0, 0.1) is 11.8 Å². The topological polar surface area (TPSA) is 55.1 Å². The summed E-state index contributed by atoms with van der Waals surface area (Å²) in [5, 5.41) is 2.73. The number of carbonyl (C=O) groups excluding carboxylic acids is 1. The minimum absolute atomic E-state index is 0.00269. The number of hydrogen-bond donors (Lipinski definition) is 2. The highest BCUT2D eigenvalue weighted by Gasteiger charge is 2.02. The van der Waals surface area contributed by atoms with Crippen molar-refractivity contribution in [3.8, 4) is 11.8 Å². The van der Waals surface area contributed by atoms with Gasteiger partial charge in [0.15, 0.2) is 0 Å². The quantitative estimate of drug-likeness (QED) is 0.467. The van der Waals surface area contributed by atoms with Crippen molar-refractivity contribution in [2.45, 2.75) is 32.7 Å². The van der Waals surface area contributed by atoms with Gasteiger partial charge in [0.05, 0.1) is 0 Å². The maximum atomic E-state index is 11.0. The average molecular weight is 168 g/mol. The van der Waals surface area contributed by atoms with Crippen molar-refractivity contribution in [1.29, 1.82) is 0 Å². The van der Waals surface area contributed by atoms with Crippen LogP contribution in [0.15, 0.2) is 0 Å². The molecule has 0 aromatic heterocycles. The number of nitrogens with two attached hydrogens (primary N) is 1. The first-order valence-corrected chi connectivity index (χ1v) is 4.08. The first kappa shape index (κ1) is 11.0. The number of amides is 1. The lowest BCUT2D eigenvalue weighted by Gasteiger charge is -2.04. The van der Waals surface area contributed by atoms with Gasteiger partial charge in [-0.05, 0) is 13.8 Å². The molecule has 0 aromatic rings. The second-order valence-corrected chi connectivity index (χ2v) is 2.71. The van der Waals surface area contributed by atoms with Crippen molar-refractivity contribution in [2.24, 2.45) is 5.73 Å². The number of nitrogens with one attached hydrogen (secondary N) is 1. The highest BCUT2D eigenvalue weighted by Crippen LogP contribution is 1.85. The van der Waals surface area contributed by atoms with Gasteiger partial charge in [0.1, 0.15) is 0 Å². The molecule has 68 valence electrons. The first-order chi connectivity index (χ1) is 5.66. The highest BCUT2D eigenvalue weighted by atomic mass is 16.1. The van der Waals surface area contributed by atoms with E-state index in [1.54, 1.807) is 6.92 Å². The van der Waals surface area contributed by atoms with Crippen LogP contribution < -0.4 is 11.1 Å². The fraction of sp³-hybridized carbons (Fsp3) is 0.667. The highest BCUT2D eigenvalue weighted by molar-refractivity contribution is 5.76. The summed E-state index contributed by atoms with van der Waals surface area (Å²) in [6.45, 7) is 4.21. The fourth-order valence-electron chi connectivity index (χ4n) is 0.754. The number of rotatable bonds is 4. The van der Waals surface area contributed by atoms with E-state index in [2.05, 4.69) is 17.2 Å². The predicted octanol–water partition coefficient (Wildman–Crippen LogP) is 0.253.